The summed E-state index contributed by atoms with van der Waals surface area (Å²) < 4.78 is 10.8. The molecule has 3 rings (SSSR count). The van der Waals surface area contributed by atoms with Gasteiger partial charge in [0.05, 0.1) is 11.5 Å². The molecule has 0 saturated heterocycles. The quantitative estimate of drug-likeness (QED) is 0.507. The summed E-state index contributed by atoms with van der Waals surface area (Å²) in [6, 6.07) is 20.8. The highest BCUT2D eigenvalue weighted by Gasteiger charge is 2.24. The predicted octanol–water partition coefficient (Wildman–Crippen LogP) is 4.36. The summed E-state index contributed by atoms with van der Waals surface area (Å²) in [6.07, 6.45) is 1.62. The lowest BCUT2D eigenvalue weighted by Crippen LogP contribution is -2.18. The molecule has 0 spiro atoms. The number of aromatic nitrogens is 1. The average Bonchev–Trinajstić information content (AvgIpc) is 2.69. The van der Waals surface area contributed by atoms with Crippen molar-refractivity contribution in [2.24, 2.45) is 0 Å². The van der Waals surface area contributed by atoms with E-state index in [-0.39, 0.29) is 0 Å². The highest BCUT2D eigenvalue weighted by atomic mass is 16.6. The van der Waals surface area contributed by atoms with Crippen molar-refractivity contribution in [2.75, 3.05) is 0 Å². The van der Waals surface area contributed by atoms with Crippen molar-refractivity contribution in [3.05, 3.63) is 90.1 Å². The minimum absolute atomic E-state index is 0.325. The second-order valence-electron chi connectivity index (χ2n) is 5.60. The molecule has 1 aromatic heterocycles. The Morgan fingerprint density at radius 1 is 0.885 bits per heavy atom. The zero-order valence-corrected chi connectivity index (χ0v) is 14.2. The number of rotatable bonds is 5. The molecule has 0 radical (unpaired) electrons. The Bertz CT molecular complexity index is 894. The first-order valence-electron chi connectivity index (χ1n) is 8.14. The molecule has 5 heteroatoms. The first kappa shape index (κ1) is 17.4. The largest absolute Gasteiger partial charge is 0.439 e. The van der Waals surface area contributed by atoms with Crippen molar-refractivity contribution in [2.45, 2.75) is 12.8 Å². The van der Waals surface area contributed by atoms with Crippen molar-refractivity contribution in [3.63, 3.8) is 0 Å². The van der Waals surface area contributed by atoms with Gasteiger partial charge in [0, 0.05) is 17.8 Å². The van der Waals surface area contributed by atoms with E-state index in [0.29, 0.717) is 22.8 Å². The Balaban J connectivity index is 1.76. The molecule has 3 aromatic rings. The Morgan fingerprint density at radius 2 is 1.58 bits per heavy atom. The monoisotopic (exact) mass is 347 g/mol. The van der Waals surface area contributed by atoms with Crippen LogP contribution in [0.2, 0.25) is 0 Å². The molecule has 5 nitrogen and oxygen atoms in total. The van der Waals surface area contributed by atoms with Gasteiger partial charge in [0.25, 0.3) is 0 Å². The minimum atomic E-state index is -0.678. The van der Waals surface area contributed by atoms with Crippen LogP contribution in [0, 0.1) is 0 Å². The van der Waals surface area contributed by atoms with Crippen molar-refractivity contribution in [1.29, 1.82) is 0 Å². The first-order valence-corrected chi connectivity index (χ1v) is 8.14. The predicted molar refractivity (Wildman–Crippen MR) is 96.0 cm³/mol. The van der Waals surface area contributed by atoms with Crippen LogP contribution in [0.3, 0.4) is 0 Å². The lowest BCUT2D eigenvalue weighted by molar-refractivity contribution is -0.139. The smallest absolute Gasteiger partial charge is 0.345 e. The molecular formula is C21H17NO4. The molecule has 0 N–H and O–H groups in total. The molecule has 130 valence electrons. The number of esters is 2. The lowest BCUT2D eigenvalue weighted by Gasteiger charge is -2.15. The number of ether oxygens (including phenoxy) is 2. The SMILES string of the molecule is CC(C(=O)OC(=O)c1ccccc1)c1ccccc1Oc1ccccn1. The van der Waals surface area contributed by atoms with Gasteiger partial charge in [-0.25, -0.2) is 9.78 Å². The van der Waals surface area contributed by atoms with E-state index >= 15 is 0 Å². The molecule has 1 atom stereocenters. The van der Waals surface area contributed by atoms with Crippen molar-refractivity contribution >= 4 is 11.9 Å². The molecule has 0 aliphatic heterocycles. The van der Waals surface area contributed by atoms with E-state index in [1.54, 1.807) is 85.9 Å². The molecule has 1 unspecified atom stereocenters. The van der Waals surface area contributed by atoms with Gasteiger partial charge in [-0.2, -0.15) is 0 Å². The Labute approximate surface area is 151 Å². The van der Waals surface area contributed by atoms with Crippen molar-refractivity contribution in [3.8, 4) is 11.6 Å². The second-order valence-corrected chi connectivity index (χ2v) is 5.60. The fraction of sp³-hybridized carbons (Fsp3) is 0.0952. The van der Waals surface area contributed by atoms with Crippen LogP contribution >= 0.6 is 0 Å². The molecule has 26 heavy (non-hydrogen) atoms. The molecule has 0 saturated carbocycles. The van der Waals surface area contributed by atoms with Crippen LogP contribution in [-0.2, 0) is 9.53 Å². The number of hydrogen-bond acceptors (Lipinski definition) is 5. The molecule has 1 heterocycles. The number of hydrogen-bond donors (Lipinski definition) is 0. The molecular weight excluding hydrogens is 330 g/mol. The minimum Gasteiger partial charge on any atom is -0.439 e. The van der Waals surface area contributed by atoms with Gasteiger partial charge in [0.1, 0.15) is 5.75 Å². The molecule has 0 bridgehead atoms. The fourth-order valence-electron chi connectivity index (χ4n) is 2.39. The topological polar surface area (TPSA) is 65.5 Å². The third kappa shape index (κ3) is 4.13. The fourth-order valence-corrected chi connectivity index (χ4v) is 2.39. The summed E-state index contributed by atoms with van der Waals surface area (Å²) in [5, 5.41) is 0. The first-order chi connectivity index (χ1) is 12.6. The number of nitrogens with zero attached hydrogens (tertiary/aromatic N) is 1. The number of carbonyl (C=O) groups excluding carboxylic acids is 2. The molecule has 0 amide bonds. The van der Waals surface area contributed by atoms with E-state index in [0.717, 1.165) is 0 Å². The van der Waals surface area contributed by atoms with Gasteiger partial charge in [-0.05, 0) is 31.2 Å². The van der Waals surface area contributed by atoms with E-state index in [4.69, 9.17) is 9.47 Å². The number of para-hydroxylation sites is 1. The summed E-state index contributed by atoms with van der Waals surface area (Å²) in [6.45, 7) is 1.67. The zero-order valence-electron chi connectivity index (χ0n) is 14.2. The van der Waals surface area contributed by atoms with Crippen LogP contribution in [0.4, 0.5) is 0 Å². The summed E-state index contributed by atoms with van der Waals surface area (Å²) in [5.74, 6) is -1.09. The maximum absolute atomic E-state index is 12.4. The summed E-state index contributed by atoms with van der Waals surface area (Å²) in [5.41, 5.74) is 0.940. The molecule has 0 aliphatic rings. The van der Waals surface area contributed by atoms with E-state index < -0.39 is 17.9 Å². The van der Waals surface area contributed by atoms with Crippen molar-refractivity contribution < 1.29 is 19.1 Å². The van der Waals surface area contributed by atoms with Gasteiger partial charge in [0.2, 0.25) is 5.88 Å². The molecule has 0 fully saturated rings. The second kappa shape index (κ2) is 8.07. The normalized spacial score (nSPS) is 11.4. The number of benzene rings is 2. The highest BCUT2D eigenvalue weighted by molar-refractivity contribution is 5.98. The van der Waals surface area contributed by atoms with E-state index in [1.807, 2.05) is 0 Å². The lowest BCUT2D eigenvalue weighted by atomic mass is 10.0. The standard InChI is InChI=1S/C21H17NO4/c1-15(20(23)26-21(24)16-9-3-2-4-10-16)17-11-5-6-12-18(17)25-19-13-7-8-14-22-19/h2-15H,1H3. The molecule has 0 aliphatic carbocycles. The molecule has 2 aromatic carbocycles. The van der Waals surface area contributed by atoms with Gasteiger partial charge in [0.15, 0.2) is 0 Å². The maximum Gasteiger partial charge on any atom is 0.345 e. The van der Waals surface area contributed by atoms with E-state index in [1.165, 1.54) is 0 Å². The van der Waals surface area contributed by atoms with E-state index in [2.05, 4.69) is 4.98 Å². The Morgan fingerprint density at radius 3 is 2.31 bits per heavy atom. The zero-order chi connectivity index (χ0) is 18.4. The average molecular weight is 347 g/mol. The number of carbonyl (C=O) groups is 2. The third-order valence-corrected chi connectivity index (χ3v) is 3.79. The Hall–Kier alpha value is -3.47. The van der Waals surface area contributed by atoms with Crippen LogP contribution < -0.4 is 4.74 Å². The summed E-state index contributed by atoms with van der Waals surface area (Å²) >= 11 is 0. The summed E-state index contributed by atoms with van der Waals surface area (Å²) in [7, 11) is 0. The van der Waals surface area contributed by atoms with Gasteiger partial charge in [-0.15, -0.1) is 0 Å². The van der Waals surface area contributed by atoms with Crippen LogP contribution in [0.5, 0.6) is 11.6 Å². The van der Waals surface area contributed by atoms with Gasteiger partial charge < -0.3 is 9.47 Å². The third-order valence-electron chi connectivity index (χ3n) is 3.79. The van der Waals surface area contributed by atoms with Gasteiger partial charge >= 0.3 is 11.9 Å². The number of pyridine rings is 1. The van der Waals surface area contributed by atoms with Crippen LogP contribution in [0.1, 0.15) is 28.8 Å². The maximum atomic E-state index is 12.4. The highest BCUT2D eigenvalue weighted by Crippen LogP contribution is 2.30. The Kier molecular flexibility index (Phi) is 5.39. The van der Waals surface area contributed by atoms with Crippen LogP contribution in [0.15, 0.2) is 79.0 Å². The van der Waals surface area contributed by atoms with Gasteiger partial charge in [-0.3, -0.25) is 4.79 Å². The van der Waals surface area contributed by atoms with Crippen LogP contribution in [0.25, 0.3) is 0 Å². The van der Waals surface area contributed by atoms with Gasteiger partial charge in [-0.1, -0.05) is 42.5 Å². The van der Waals surface area contributed by atoms with E-state index in [9.17, 15) is 9.59 Å². The van der Waals surface area contributed by atoms with Crippen molar-refractivity contribution in [1.82, 2.24) is 4.98 Å². The van der Waals surface area contributed by atoms with Crippen LogP contribution in [-0.4, -0.2) is 16.9 Å². The summed E-state index contributed by atoms with van der Waals surface area (Å²) in [4.78, 5) is 28.6.